The zero-order valence-corrected chi connectivity index (χ0v) is 16.5. The largest absolute Gasteiger partial charge is 0.465 e. The second-order valence-electron chi connectivity index (χ2n) is 6.61. The number of amides is 1. The molecule has 0 radical (unpaired) electrons. The van der Waals surface area contributed by atoms with Crippen LogP contribution < -0.4 is 15.5 Å². The van der Waals surface area contributed by atoms with Crippen molar-refractivity contribution in [3.05, 3.63) is 23.8 Å². The first-order chi connectivity index (χ1) is 12.3. The molecule has 2 rings (SSSR count). The van der Waals surface area contributed by atoms with E-state index in [0.29, 0.717) is 11.3 Å². The molecule has 1 aromatic carbocycles. The molecule has 1 aliphatic rings. The van der Waals surface area contributed by atoms with Gasteiger partial charge in [-0.2, -0.15) is 0 Å². The molecule has 1 heterocycles. The van der Waals surface area contributed by atoms with Gasteiger partial charge in [0.2, 0.25) is 5.91 Å². The van der Waals surface area contributed by atoms with Crippen molar-refractivity contribution in [2.24, 2.45) is 5.92 Å². The molecular weight excluding hydrogens is 352 g/mol. The van der Waals surface area contributed by atoms with Gasteiger partial charge >= 0.3 is 5.97 Å². The summed E-state index contributed by atoms with van der Waals surface area (Å²) in [6, 6.07) is 5.32. The Kier molecular flexibility index (Phi) is 6.93. The third kappa shape index (κ3) is 5.15. The lowest BCUT2D eigenvalue weighted by Gasteiger charge is -2.35. The summed E-state index contributed by atoms with van der Waals surface area (Å²) in [4.78, 5) is 28.2. The Balaban J connectivity index is 2.25. The summed E-state index contributed by atoms with van der Waals surface area (Å²) in [5.41, 5.74) is 2.03. The number of hydrogen-bond donors (Lipinski definition) is 2. The molecule has 8 heteroatoms. The van der Waals surface area contributed by atoms with Gasteiger partial charge in [0.15, 0.2) is 5.11 Å². The van der Waals surface area contributed by atoms with Crippen LogP contribution in [0.1, 0.15) is 24.2 Å². The predicted molar refractivity (Wildman–Crippen MR) is 107 cm³/mol. The van der Waals surface area contributed by atoms with Crippen molar-refractivity contribution in [2.45, 2.75) is 13.8 Å². The molecule has 0 bridgehead atoms. The molecular formula is C18H26N4O3S. The molecule has 1 amide bonds. The molecule has 0 spiro atoms. The van der Waals surface area contributed by atoms with Crippen molar-refractivity contribution in [1.82, 2.24) is 10.2 Å². The van der Waals surface area contributed by atoms with Gasteiger partial charge in [-0.1, -0.05) is 13.8 Å². The van der Waals surface area contributed by atoms with Gasteiger partial charge < -0.3 is 25.2 Å². The Bertz CT molecular complexity index is 685. The van der Waals surface area contributed by atoms with Crippen molar-refractivity contribution < 1.29 is 14.3 Å². The summed E-state index contributed by atoms with van der Waals surface area (Å²) in [5.74, 6) is -0.754. The molecule has 1 saturated heterocycles. The monoisotopic (exact) mass is 378 g/mol. The quantitative estimate of drug-likeness (QED) is 0.610. The van der Waals surface area contributed by atoms with E-state index < -0.39 is 5.97 Å². The van der Waals surface area contributed by atoms with Crippen LogP contribution in [-0.4, -0.2) is 62.2 Å². The van der Waals surface area contributed by atoms with E-state index in [4.69, 9.17) is 17.0 Å². The first-order valence-electron chi connectivity index (χ1n) is 8.59. The van der Waals surface area contributed by atoms with Crippen LogP contribution in [0.2, 0.25) is 0 Å². The van der Waals surface area contributed by atoms with Crippen LogP contribution in [0.15, 0.2) is 18.2 Å². The minimum absolute atomic E-state index is 0.159. The Morgan fingerprint density at radius 2 is 1.85 bits per heavy atom. The SMILES string of the molecule is COC(=O)c1ccc(N2CCN(C)CC2)c(NC(=S)NC(=O)C(C)C)c1. The number of likely N-dealkylation sites (N-methyl/N-ethyl adjacent to an activating group) is 1. The lowest BCUT2D eigenvalue weighted by Crippen LogP contribution is -2.45. The summed E-state index contributed by atoms with van der Waals surface area (Å²) in [7, 11) is 3.44. The van der Waals surface area contributed by atoms with E-state index in [1.54, 1.807) is 26.0 Å². The fourth-order valence-electron chi connectivity index (χ4n) is 2.61. The van der Waals surface area contributed by atoms with Crippen LogP contribution in [0.25, 0.3) is 0 Å². The van der Waals surface area contributed by atoms with Crippen LogP contribution in [0.5, 0.6) is 0 Å². The Labute approximate surface area is 159 Å². The van der Waals surface area contributed by atoms with Gasteiger partial charge in [-0.25, -0.2) is 4.79 Å². The van der Waals surface area contributed by atoms with E-state index in [9.17, 15) is 9.59 Å². The fourth-order valence-corrected chi connectivity index (χ4v) is 2.82. The number of carbonyl (C=O) groups excluding carboxylic acids is 2. The van der Waals surface area contributed by atoms with Crippen LogP contribution >= 0.6 is 12.2 Å². The number of ether oxygens (including phenoxy) is 1. The lowest BCUT2D eigenvalue weighted by atomic mass is 10.1. The number of nitrogens with zero attached hydrogens (tertiary/aromatic N) is 2. The molecule has 1 aliphatic heterocycles. The number of piperazine rings is 1. The van der Waals surface area contributed by atoms with E-state index in [1.807, 2.05) is 6.07 Å². The van der Waals surface area contributed by atoms with Crippen LogP contribution in [0.3, 0.4) is 0 Å². The van der Waals surface area contributed by atoms with Crippen molar-refractivity contribution >= 4 is 40.6 Å². The normalized spacial score (nSPS) is 14.9. The number of rotatable bonds is 4. The number of methoxy groups -OCH3 is 1. The molecule has 0 atom stereocenters. The highest BCUT2D eigenvalue weighted by atomic mass is 32.1. The molecule has 2 N–H and O–H groups in total. The predicted octanol–water partition coefficient (Wildman–Crippen LogP) is 1.69. The van der Waals surface area contributed by atoms with Crippen molar-refractivity contribution in [2.75, 3.05) is 50.6 Å². The summed E-state index contributed by atoms with van der Waals surface area (Å²) in [6.45, 7) is 7.23. The van der Waals surface area contributed by atoms with Crippen molar-refractivity contribution in [3.8, 4) is 0 Å². The summed E-state index contributed by atoms with van der Waals surface area (Å²) in [6.07, 6.45) is 0. The average molecular weight is 378 g/mol. The Hall–Kier alpha value is -2.19. The highest BCUT2D eigenvalue weighted by molar-refractivity contribution is 7.80. The Morgan fingerprint density at radius 1 is 1.19 bits per heavy atom. The minimum Gasteiger partial charge on any atom is -0.465 e. The number of carbonyl (C=O) groups is 2. The van der Waals surface area contributed by atoms with E-state index in [0.717, 1.165) is 31.9 Å². The maximum atomic E-state index is 11.9. The molecule has 0 aliphatic carbocycles. The second kappa shape index (κ2) is 8.95. The molecule has 26 heavy (non-hydrogen) atoms. The number of nitrogens with one attached hydrogen (secondary N) is 2. The average Bonchev–Trinajstić information content (AvgIpc) is 2.61. The minimum atomic E-state index is -0.421. The molecule has 7 nitrogen and oxygen atoms in total. The molecule has 0 aromatic heterocycles. The highest BCUT2D eigenvalue weighted by Crippen LogP contribution is 2.28. The highest BCUT2D eigenvalue weighted by Gasteiger charge is 2.20. The number of esters is 1. The number of hydrogen-bond acceptors (Lipinski definition) is 6. The van der Waals surface area contributed by atoms with E-state index in [2.05, 4.69) is 27.5 Å². The summed E-state index contributed by atoms with van der Waals surface area (Å²) < 4.78 is 4.80. The van der Waals surface area contributed by atoms with Crippen LogP contribution in [0.4, 0.5) is 11.4 Å². The smallest absolute Gasteiger partial charge is 0.337 e. The maximum absolute atomic E-state index is 11.9. The zero-order chi connectivity index (χ0) is 19.3. The maximum Gasteiger partial charge on any atom is 0.337 e. The number of anilines is 2. The van der Waals surface area contributed by atoms with E-state index >= 15 is 0 Å². The van der Waals surface area contributed by atoms with Gasteiger partial charge in [0.25, 0.3) is 0 Å². The third-order valence-electron chi connectivity index (χ3n) is 4.27. The van der Waals surface area contributed by atoms with Gasteiger partial charge in [-0.15, -0.1) is 0 Å². The van der Waals surface area contributed by atoms with Gasteiger partial charge in [-0.3, -0.25) is 4.79 Å². The van der Waals surface area contributed by atoms with Crippen LogP contribution in [0, 0.1) is 5.92 Å². The molecule has 1 fully saturated rings. The van der Waals surface area contributed by atoms with Gasteiger partial charge in [0.05, 0.1) is 24.0 Å². The zero-order valence-electron chi connectivity index (χ0n) is 15.7. The second-order valence-corrected chi connectivity index (χ2v) is 7.02. The van der Waals surface area contributed by atoms with E-state index in [1.165, 1.54) is 7.11 Å². The Morgan fingerprint density at radius 3 is 2.42 bits per heavy atom. The summed E-state index contributed by atoms with van der Waals surface area (Å²) >= 11 is 5.26. The fraction of sp³-hybridized carbons (Fsp3) is 0.500. The van der Waals surface area contributed by atoms with Crippen molar-refractivity contribution in [3.63, 3.8) is 0 Å². The molecule has 1 aromatic rings. The van der Waals surface area contributed by atoms with Gasteiger partial charge in [0.1, 0.15) is 0 Å². The molecule has 0 saturated carbocycles. The van der Waals surface area contributed by atoms with Crippen molar-refractivity contribution in [1.29, 1.82) is 0 Å². The topological polar surface area (TPSA) is 73.9 Å². The standard InChI is InChI=1S/C18H26N4O3S/c1-12(2)16(23)20-18(26)19-14-11-13(17(24)25-4)5-6-15(14)22-9-7-21(3)8-10-22/h5-6,11-12H,7-10H2,1-4H3,(H2,19,20,23,26). The van der Waals surface area contributed by atoms with Crippen LogP contribution in [-0.2, 0) is 9.53 Å². The third-order valence-corrected chi connectivity index (χ3v) is 4.48. The first kappa shape index (κ1) is 20.1. The lowest BCUT2D eigenvalue weighted by molar-refractivity contribution is -0.122. The van der Waals surface area contributed by atoms with E-state index in [-0.39, 0.29) is 16.9 Å². The number of benzene rings is 1. The molecule has 142 valence electrons. The van der Waals surface area contributed by atoms with Gasteiger partial charge in [-0.05, 0) is 37.5 Å². The molecule has 0 unspecified atom stereocenters. The van der Waals surface area contributed by atoms with Gasteiger partial charge in [0, 0.05) is 32.1 Å². The number of thiocarbonyl (C=S) groups is 1. The summed E-state index contributed by atoms with van der Waals surface area (Å²) in [5, 5.41) is 5.94. The first-order valence-corrected chi connectivity index (χ1v) is 9.00.